The summed E-state index contributed by atoms with van der Waals surface area (Å²) in [5, 5.41) is 13.2. The van der Waals surface area contributed by atoms with Crippen molar-refractivity contribution >= 4 is 22.9 Å². The Morgan fingerprint density at radius 3 is 2.67 bits per heavy atom. The normalized spacial score (nSPS) is 14.8. The van der Waals surface area contributed by atoms with Crippen molar-refractivity contribution in [1.29, 1.82) is 0 Å². The van der Waals surface area contributed by atoms with Crippen LogP contribution in [0.25, 0.3) is 0 Å². The molecule has 1 amide bonds. The van der Waals surface area contributed by atoms with Crippen LogP contribution in [0, 0.1) is 10.1 Å². The Hall–Kier alpha value is -2.65. The predicted molar refractivity (Wildman–Crippen MR) is 101 cm³/mol. The van der Waals surface area contributed by atoms with Gasteiger partial charge in [0.15, 0.2) is 12.4 Å². The first-order chi connectivity index (χ1) is 13.1. The van der Waals surface area contributed by atoms with Crippen LogP contribution < -0.4 is 9.47 Å². The molecule has 8 nitrogen and oxygen atoms in total. The van der Waals surface area contributed by atoms with Gasteiger partial charge in [0.1, 0.15) is 5.75 Å². The summed E-state index contributed by atoms with van der Waals surface area (Å²) in [5.74, 6) is 0.253. The van der Waals surface area contributed by atoms with E-state index in [1.807, 2.05) is 6.07 Å². The van der Waals surface area contributed by atoms with Crippen molar-refractivity contribution in [3.8, 4) is 11.5 Å². The average molecular weight is 391 g/mol. The lowest BCUT2D eigenvalue weighted by Gasteiger charge is -2.34. The van der Waals surface area contributed by atoms with E-state index in [1.165, 1.54) is 24.1 Å². The quantitative estimate of drug-likeness (QED) is 0.532. The molecule has 1 aromatic carbocycles. The van der Waals surface area contributed by atoms with Crippen LogP contribution in [-0.2, 0) is 11.3 Å². The largest absolute Gasteiger partial charge is 0.496 e. The third kappa shape index (κ3) is 4.95. The zero-order valence-electron chi connectivity index (χ0n) is 15.0. The third-order valence-corrected chi connectivity index (χ3v) is 5.26. The number of carbonyl (C=O) groups is 1. The molecule has 1 aliphatic heterocycles. The van der Waals surface area contributed by atoms with Gasteiger partial charge in [-0.3, -0.25) is 19.8 Å². The Kier molecular flexibility index (Phi) is 6.25. The number of nitro benzene ring substituents is 1. The highest BCUT2D eigenvalue weighted by atomic mass is 32.1. The van der Waals surface area contributed by atoms with Crippen LogP contribution in [0.1, 0.15) is 4.88 Å². The second-order valence-electron chi connectivity index (χ2n) is 6.12. The number of nitrogens with zero attached hydrogens (tertiary/aromatic N) is 3. The summed E-state index contributed by atoms with van der Waals surface area (Å²) < 4.78 is 10.4. The fraction of sp³-hybridized carbons (Fsp3) is 0.389. The molecule has 1 aromatic heterocycles. The van der Waals surface area contributed by atoms with Gasteiger partial charge in [-0.25, -0.2) is 0 Å². The lowest BCUT2D eigenvalue weighted by molar-refractivity contribution is -0.385. The predicted octanol–water partition coefficient (Wildman–Crippen LogP) is 2.39. The highest BCUT2D eigenvalue weighted by Gasteiger charge is 2.23. The summed E-state index contributed by atoms with van der Waals surface area (Å²) in [4.78, 5) is 28.4. The molecule has 27 heavy (non-hydrogen) atoms. The fourth-order valence-electron chi connectivity index (χ4n) is 2.90. The van der Waals surface area contributed by atoms with E-state index in [-0.39, 0.29) is 24.0 Å². The lowest BCUT2D eigenvalue weighted by atomic mass is 10.2. The van der Waals surface area contributed by atoms with Crippen molar-refractivity contribution in [3.05, 3.63) is 50.7 Å². The van der Waals surface area contributed by atoms with Gasteiger partial charge in [0.25, 0.3) is 5.91 Å². The van der Waals surface area contributed by atoms with Crippen molar-refractivity contribution in [1.82, 2.24) is 9.80 Å². The summed E-state index contributed by atoms with van der Waals surface area (Å²) in [6, 6.07) is 8.44. The molecule has 0 N–H and O–H groups in total. The van der Waals surface area contributed by atoms with Crippen LogP contribution in [-0.4, -0.2) is 60.5 Å². The molecule has 9 heteroatoms. The SMILES string of the molecule is COc1ccc(OCC(=O)N2CCN(Cc3cccs3)CC2)c([N+](=O)[O-])c1. The number of rotatable bonds is 7. The summed E-state index contributed by atoms with van der Waals surface area (Å²) in [5.41, 5.74) is -0.220. The minimum Gasteiger partial charge on any atom is -0.496 e. The zero-order valence-corrected chi connectivity index (χ0v) is 15.8. The minimum atomic E-state index is -0.550. The Labute approximate surface area is 161 Å². The van der Waals surface area contributed by atoms with E-state index < -0.39 is 4.92 Å². The molecular weight excluding hydrogens is 370 g/mol. The number of thiophene rings is 1. The first kappa shape index (κ1) is 19.1. The Morgan fingerprint density at radius 2 is 2.04 bits per heavy atom. The molecule has 1 saturated heterocycles. The van der Waals surface area contributed by atoms with Crippen LogP contribution in [0.3, 0.4) is 0 Å². The molecule has 1 aliphatic rings. The van der Waals surface area contributed by atoms with E-state index in [0.717, 1.165) is 19.6 Å². The fourth-order valence-corrected chi connectivity index (χ4v) is 3.64. The van der Waals surface area contributed by atoms with E-state index in [1.54, 1.807) is 22.3 Å². The van der Waals surface area contributed by atoms with Crippen LogP contribution >= 0.6 is 11.3 Å². The molecule has 0 saturated carbocycles. The van der Waals surface area contributed by atoms with Gasteiger partial charge in [-0.2, -0.15) is 0 Å². The van der Waals surface area contributed by atoms with Crippen molar-refractivity contribution in [2.75, 3.05) is 39.9 Å². The number of hydrogen-bond acceptors (Lipinski definition) is 7. The number of methoxy groups -OCH3 is 1. The maximum absolute atomic E-state index is 12.4. The van der Waals surface area contributed by atoms with Crippen LogP contribution in [0.15, 0.2) is 35.7 Å². The molecule has 0 atom stereocenters. The number of carbonyl (C=O) groups excluding carboxylic acids is 1. The number of ether oxygens (including phenoxy) is 2. The third-order valence-electron chi connectivity index (χ3n) is 4.40. The molecule has 0 aliphatic carbocycles. The maximum Gasteiger partial charge on any atom is 0.314 e. The number of amides is 1. The lowest BCUT2D eigenvalue weighted by Crippen LogP contribution is -2.49. The van der Waals surface area contributed by atoms with E-state index in [9.17, 15) is 14.9 Å². The minimum absolute atomic E-state index is 0.0606. The van der Waals surface area contributed by atoms with Gasteiger partial charge in [0.2, 0.25) is 0 Å². The number of nitro groups is 1. The van der Waals surface area contributed by atoms with Gasteiger partial charge in [-0.15, -0.1) is 11.3 Å². The standard InChI is InChI=1S/C18H21N3O5S/c1-25-14-4-5-17(16(11-14)21(23)24)26-13-18(22)20-8-6-19(7-9-20)12-15-3-2-10-27-15/h2-5,10-11H,6-9,12-13H2,1H3. The van der Waals surface area contributed by atoms with Gasteiger partial charge in [-0.05, 0) is 23.6 Å². The Bertz CT molecular complexity index is 788. The molecule has 3 rings (SSSR count). The first-order valence-electron chi connectivity index (χ1n) is 8.54. The van der Waals surface area contributed by atoms with E-state index in [4.69, 9.17) is 9.47 Å². The van der Waals surface area contributed by atoms with Crippen molar-refractivity contribution in [2.24, 2.45) is 0 Å². The number of piperazine rings is 1. The molecular formula is C18H21N3O5S. The van der Waals surface area contributed by atoms with Crippen LogP contribution in [0.5, 0.6) is 11.5 Å². The van der Waals surface area contributed by atoms with Crippen LogP contribution in [0.4, 0.5) is 5.69 Å². The van der Waals surface area contributed by atoms with Crippen LogP contribution in [0.2, 0.25) is 0 Å². The van der Waals surface area contributed by atoms with E-state index in [2.05, 4.69) is 16.3 Å². The Morgan fingerprint density at radius 1 is 1.26 bits per heavy atom. The molecule has 1 fully saturated rings. The average Bonchev–Trinajstić information content (AvgIpc) is 3.19. The first-order valence-corrected chi connectivity index (χ1v) is 9.42. The summed E-state index contributed by atoms with van der Waals surface area (Å²) in [6.07, 6.45) is 0. The molecule has 144 valence electrons. The van der Waals surface area contributed by atoms with E-state index >= 15 is 0 Å². The van der Waals surface area contributed by atoms with Gasteiger partial charge in [0.05, 0.1) is 18.1 Å². The summed E-state index contributed by atoms with van der Waals surface area (Å²) in [7, 11) is 1.43. The van der Waals surface area contributed by atoms with Gasteiger partial charge in [-0.1, -0.05) is 6.07 Å². The molecule has 2 aromatic rings. The second kappa shape index (κ2) is 8.83. The molecule has 0 bridgehead atoms. The maximum atomic E-state index is 12.4. The number of hydrogen-bond donors (Lipinski definition) is 0. The molecule has 0 spiro atoms. The smallest absolute Gasteiger partial charge is 0.314 e. The Balaban J connectivity index is 1.51. The monoisotopic (exact) mass is 391 g/mol. The van der Waals surface area contributed by atoms with Gasteiger partial charge >= 0.3 is 5.69 Å². The molecule has 2 heterocycles. The van der Waals surface area contributed by atoms with E-state index in [0.29, 0.717) is 18.8 Å². The second-order valence-corrected chi connectivity index (χ2v) is 7.15. The van der Waals surface area contributed by atoms with Crippen molar-refractivity contribution < 1.29 is 19.2 Å². The van der Waals surface area contributed by atoms with Gasteiger partial charge in [0, 0.05) is 37.6 Å². The topological polar surface area (TPSA) is 85.2 Å². The molecule has 0 radical (unpaired) electrons. The highest BCUT2D eigenvalue weighted by molar-refractivity contribution is 7.09. The zero-order chi connectivity index (χ0) is 19.2. The van der Waals surface area contributed by atoms with Gasteiger partial charge < -0.3 is 14.4 Å². The molecule has 0 unspecified atom stereocenters. The summed E-state index contributed by atoms with van der Waals surface area (Å²) in [6.45, 7) is 3.52. The van der Waals surface area contributed by atoms with Crippen molar-refractivity contribution in [2.45, 2.75) is 6.54 Å². The van der Waals surface area contributed by atoms with Crippen molar-refractivity contribution in [3.63, 3.8) is 0 Å². The number of benzene rings is 1. The summed E-state index contributed by atoms with van der Waals surface area (Å²) >= 11 is 1.73. The highest BCUT2D eigenvalue weighted by Crippen LogP contribution is 2.31.